The number of hydrogen-bond donors (Lipinski definition) is 1. The normalized spacial score (nSPS) is 10.9. The fraction of sp³-hybridized carbons (Fsp3) is 0.429. The zero-order valence-corrected chi connectivity index (χ0v) is 13.2. The summed E-state index contributed by atoms with van der Waals surface area (Å²) in [6.45, 7) is 8.21. The molecule has 6 heteroatoms. The molecule has 106 valence electrons. The van der Waals surface area contributed by atoms with Gasteiger partial charge in [0.05, 0.1) is 0 Å². The van der Waals surface area contributed by atoms with Gasteiger partial charge in [0.15, 0.2) is 5.16 Å². The van der Waals surface area contributed by atoms with E-state index in [1.54, 1.807) is 6.33 Å². The molecule has 1 N–H and O–H groups in total. The van der Waals surface area contributed by atoms with E-state index < -0.39 is 0 Å². The summed E-state index contributed by atoms with van der Waals surface area (Å²) in [5.74, 6) is 1.19. The minimum absolute atomic E-state index is 0.326. The first-order valence-electron chi connectivity index (χ1n) is 6.54. The van der Waals surface area contributed by atoms with E-state index in [1.165, 1.54) is 11.8 Å². The standard InChI is InChI=1S/C14H19N5S/c1-8(2)11-12(15-5)16-7-17-13(11)20-14-18-9(3)6-10(4)19-14/h6-8H,1-5H3,(H,15,16,17). The largest absolute Gasteiger partial charge is 0.373 e. The summed E-state index contributed by atoms with van der Waals surface area (Å²) >= 11 is 1.49. The Labute approximate surface area is 123 Å². The van der Waals surface area contributed by atoms with Gasteiger partial charge in [-0.15, -0.1) is 0 Å². The molecule has 0 saturated carbocycles. The molecule has 0 aliphatic carbocycles. The molecule has 0 aliphatic heterocycles. The molecule has 5 nitrogen and oxygen atoms in total. The Morgan fingerprint density at radius 2 is 1.75 bits per heavy atom. The fourth-order valence-corrected chi connectivity index (χ4v) is 3.10. The van der Waals surface area contributed by atoms with Gasteiger partial charge in [-0.1, -0.05) is 13.8 Å². The topological polar surface area (TPSA) is 63.6 Å². The molecule has 0 unspecified atom stereocenters. The lowest BCUT2D eigenvalue weighted by Gasteiger charge is -2.14. The molecule has 2 heterocycles. The third-order valence-electron chi connectivity index (χ3n) is 2.81. The lowest BCUT2D eigenvalue weighted by atomic mass is 10.1. The number of aryl methyl sites for hydroxylation is 2. The predicted molar refractivity (Wildman–Crippen MR) is 81.3 cm³/mol. The van der Waals surface area contributed by atoms with E-state index >= 15 is 0 Å². The third-order valence-corrected chi connectivity index (χ3v) is 3.70. The Hall–Kier alpha value is -1.69. The summed E-state index contributed by atoms with van der Waals surface area (Å²) in [6.07, 6.45) is 1.57. The van der Waals surface area contributed by atoms with E-state index in [2.05, 4.69) is 39.1 Å². The Bertz CT molecular complexity index is 592. The molecule has 0 aromatic carbocycles. The molecule has 0 spiro atoms. The van der Waals surface area contributed by atoms with Gasteiger partial charge < -0.3 is 5.32 Å². The molecule has 0 fully saturated rings. The Kier molecular flexibility index (Phi) is 4.54. The maximum atomic E-state index is 4.46. The first-order valence-corrected chi connectivity index (χ1v) is 7.35. The summed E-state index contributed by atoms with van der Waals surface area (Å²) in [5.41, 5.74) is 3.03. The first-order chi connectivity index (χ1) is 9.51. The molecule has 0 saturated heterocycles. The quantitative estimate of drug-likeness (QED) is 0.689. The van der Waals surface area contributed by atoms with Crippen molar-refractivity contribution in [3.63, 3.8) is 0 Å². The van der Waals surface area contributed by atoms with E-state index in [4.69, 9.17) is 0 Å². The summed E-state index contributed by atoms with van der Waals surface area (Å²) in [4.78, 5) is 17.6. The monoisotopic (exact) mass is 289 g/mol. The van der Waals surface area contributed by atoms with Gasteiger partial charge in [-0.25, -0.2) is 19.9 Å². The van der Waals surface area contributed by atoms with Crippen molar-refractivity contribution in [2.24, 2.45) is 0 Å². The van der Waals surface area contributed by atoms with Crippen LogP contribution in [-0.4, -0.2) is 27.0 Å². The van der Waals surface area contributed by atoms with Crippen molar-refractivity contribution < 1.29 is 0 Å². The van der Waals surface area contributed by atoms with Crippen LogP contribution in [0.15, 0.2) is 22.6 Å². The van der Waals surface area contributed by atoms with Crippen LogP contribution in [0.3, 0.4) is 0 Å². The molecule has 0 radical (unpaired) electrons. The van der Waals surface area contributed by atoms with Gasteiger partial charge in [-0.2, -0.15) is 0 Å². The fourth-order valence-electron chi connectivity index (χ4n) is 2.01. The second kappa shape index (κ2) is 6.17. The number of nitrogens with zero attached hydrogens (tertiary/aromatic N) is 4. The highest BCUT2D eigenvalue weighted by Gasteiger charge is 2.16. The van der Waals surface area contributed by atoms with Crippen LogP contribution in [0.4, 0.5) is 5.82 Å². The maximum Gasteiger partial charge on any atom is 0.194 e. The number of aromatic nitrogens is 4. The van der Waals surface area contributed by atoms with Crippen LogP contribution < -0.4 is 5.32 Å². The molecular weight excluding hydrogens is 270 g/mol. The van der Waals surface area contributed by atoms with E-state index in [0.29, 0.717) is 5.92 Å². The van der Waals surface area contributed by atoms with Gasteiger partial charge in [0.1, 0.15) is 17.2 Å². The predicted octanol–water partition coefficient (Wildman–Crippen LogP) is 3.20. The molecular formula is C14H19N5S. The van der Waals surface area contributed by atoms with Crippen molar-refractivity contribution in [1.29, 1.82) is 0 Å². The molecule has 0 atom stereocenters. The number of hydrogen-bond acceptors (Lipinski definition) is 6. The Morgan fingerprint density at radius 1 is 1.10 bits per heavy atom. The second-order valence-corrected chi connectivity index (χ2v) is 5.84. The summed E-state index contributed by atoms with van der Waals surface area (Å²) in [7, 11) is 1.87. The van der Waals surface area contributed by atoms with Gasteiger partial charge in [-0.3, -0.25) is 0 Å². The number of rotatable bonds is 4. The van der Waals surface area contributed by atoms with Crippen LogP contribution in [0.25, 0.3) is 0 Å². The average molecular weight is 289 g/mol. The van der Waals surface area contributed by atoms with Crippen LogP contribution >= 0.6 is 11.8 Å². The minimum Gasteiger partial charge on any atom is -0.373 e. The van der Waals surface area contributed by atoms with Crippen molar-refractivity contribution in [1.82, 2.24) is 19.9 Å². The first kappa shape index (κ1) is 14.7. The zero-order chi connectivity index (χ0) is 14.7. The highest BCUT2D eigenvalue weighted by molar-refractivity contribution is 7.99. The van der Waals surface area contributed by atoms with Crippen LogP contribution in [0.2, 0.25) is 0 Å². The second-order valence-electron chi connectivity index (χ2n) is 4.88. The number of nitrogens with one attached hydrogen (secondary N) is 1. The van der Waals surface area contributed by atoms with Gasteiger partial charge in [0.2, 0.25) is 0 Å². The molecule has 0 aliphatic rings. The molecule has 0 amide bonds. The summed E-state index contributed by atoms with van der Waals surface area (Å²) in [5, 5.41) is 4.75. The van der Waals surface area contributed by atoms with Gasteiger partial charge in [0, 0.05) is 24.0 Å². The van der Waals surface area contributed by atoms with Gasteiger partial charge >= 0.3 is 0 Å². The van der Waals surface area contributed by atoms with Crippen LogP contribution in [-0.2, 0) is 0 Å². The van der Waals surface area contributed by atoms with Crippen molar-refractivity contribution in [3.8, 4) is 0 Å². The minimum atomic E-state index is 0.326. The molecule has 20 heavy (non-hydrogen) atoms. The van der Waals surface area contributed by atoms with Crippen molar-refractivity contribution in [3.05, 3.63) is 29.3 Å². The van der Waals surface area contributed by atoms with Crippen LogP contribution in [0.5, 0.6) is 0 Å². The van der Waals surface area contributed by atoms with Crippen LogP contribution in [0.1, 0.15) is 36.7 Å². The van der Waals surface area contributed by atoms with Crippen molar-refractivity contribution in [2.75, 3.05) is 12.4 Å². The average Bonchev–Trinajstić information content (AvgIpc) is 2.36. The maximum absolute atomic E-state index is 4.46. The van der Waals surface area contributed by atoms with Crippen molar-refractivity contribution in [2.45, 2.75) is 43.8 Å². The lowest BCUT2D eigenvalue weighted by molar-refractivity contribution is 0.802. The smallest absolute Gasteiger partial charge is 0.194 e. The number of anilines is 1. The van der Waals surface area contributed by atoms with Crippen molar-refractivity contribution >= 4 is 17.6 Å². The van der Waals surface area contributed by atoms with Gasteiger partial charge in [0.25, 0.3) is 0 Å². The highest BCUT2D eigenvalue weighted by Crippen LogP contribution is 2.33. The van der Waals surface area contributed by atoms with E-state index in [1.807, 2.05) is 27.0 Å². The van der Waals surface area contributed by atoms with Gasteiger partial charge in [-0.05, 0) is 37.6 Å². The highest BCUT2D eigenvalue weighted by atomic mass is 32.2. The summed E-state index contributed by atoms with van der Waals surface area (Å²) < 4.78 is 0. The zero-order valence-electron chi connectivity index (χ0n) is 12.4. The SMILES string of the molecule is CNc1ncnc(Sc2nc(C)cc(C)n2)c1C(C)C. The Balaban J connectivity index is 2.42. The van der Waals surface area contributed by atoms with E-state index in [-0.39, 0.29) is 0 Å². The molecule has 2 rings (SSSR count). The molecule has 2 aromatic heterocycles. The van der Waals surface area contributed by atoms with Crippen LogP contribution in [0, 0.1) is 13.8 Å². The molecule has 0 bridgehead atoms. The third kappa shape index (κ3) is 3.25. The Morgan fingerprint density at radius 3 is 2.30 bits per heavy atom. The lowest BCUT2D eigenvalue weighted by Crippen LogP contribution is -2.04. The van der Waals surface area contributed by atoms with E-state index in [0.717, 1.165) is 33.0 Å². The van der Waals surface area contributed by atoms with E-state index in [9.17, 15) is 0 Å². The summed E-state index contributed by atoms with van der Waals surface area (Å²) in [6, 6.07) is 1.96. The molecule has 2 aromatic rings.